The summed E-state index contributed by atoms with van der Waals surface area (Å²) in [6.45, 7) is 1.12. The molecular formula is C21H23F4N7O3. The number of imidazole rings is 1. The van der Waals surface area contributed by atoms with Crippen molar-refractivity contribution in [3.63, 3.8) is 0 Å². The lowest BCUT2D eigenvalue weighted by Gasteiger charge is -2.16. The Kier molecular flexibility index (Phi) is 5.77. The van der Waals surface area contributed by atoms with E-state index in [1.54, 1.807) is 6.07 Å². The van der Waals surface area contributed by atoms with Crippen molar-refractivity contribution >= 4 is 23.5 Å². The summed E-state index contributed by atoms with van der Waals surface area (Å²) in [4.78, 5) is 19.9. The van der Waals surface area contributed by atoms with E-state index in [0.29, 0.717) is 12.2 Å². The van der Waals surface area contributed by atoms with Gasteiger partial charge in [0, 0.05) is 29.4 Å². The molecule has 3 aromatic rings. The molecule has 5 rings (SSSR count). The average Bonchev–Trinajstić information content (AvgIpc) is 3.22. The summed E-state index contributed by atoms with van der Waals surface area (Å²) in [5, 5.41) is 13.0. The van der Waals surface area contributed by atoms with Gasteiger partial charge in [-0.3, -0.25) is 14.2 Å². The quantitative estimate of drug-likeness (QED) is 0.417. The van der Waals surface area contributed by atoms with Crippen LogP contribution in [0.15, 0.2) is 18.5 Å². The lowest BCUT2D eigenvalue weighted by molar-refractivity contribution is -0.330. The van der Waals surface area contributed by atoms with Crippen LogP contribution in [0.25, 0.3) is 5.65 Å². The number of carbonyl (C=O) groups is 1. The maximum Gasteiger partial charge on any atom is 0.522 e. The Morgan fingerprint density at radius 2 is 2.14 bits per heavy atom. The second-order valence-electron chi connectivity index (χ2n) is 9.15. The minimum absolute atomic E-state index is 0.105. The molecule has 2 aliphatic carbocycles. The molecule has 188 valence electrons. The first-order chi connectivity index (χ1) is 16.6. The van der Waals surface area contributed by atoms with Gasteiger partial charge in [-0.15, -0.1) is 13.2 Å². The molecule has 1 amide bonds. The minimum Gasteiger partial charge on any atom is -0.446 e. The fourth-order valence-electron chi connectivity index (χ4n) is 4.11. The molecule has 2 unspecified atom stereocenters. The zero-order valence-electron chi connectivity index (χ0n) is 18.7. The zero-order valence-corrected chi connectivity index (χ0v) is 18.7. The van der Waals surface area contributed by atoms with E-state index in [1.807, 2.05) is 6.92 Å². The third kappa shape index (κ3) is 5.47. The van der Waals surface area contributed by atoms with Crippen LogP contribution >= 0.6 is 0 Å². The van der Waals surface area contributed by atoms with E-state index in [1.165, 1.54) is 10.6 Å². The number of hydrogen-bond donors (Lipinski definition) is 3. The van der Waals surface area contributed by atoms with Crippen molar-refractivity contribution in [2.24, 2.45) is 0 Å². The maximum absolute atomic E-state index is 14.1. The average molecular weight is 497 g/mol. The molecule has 0 saturated heterocycles. The number of aromatic nitrogens is 5. The molecule has 35 heavy (non-hydrogen) atoms. The van der Waals surface area contributed by atoms with Gasteiger partial charge in [-0.05, 0) is 39.0 Å². The Morgan fingerprint density at radius 1 is 1.34 bits per heavy atom. The Balaban J connectivity index is 1.23. The van der Waals surface area contributed by atoms with Crippen LogP contribution in [-0.4, -0.2) is 48.7 Å². The van der Waals surface area contributed by atoms with Crippen molar-refractivity contribution in [1.29, 1.82) is 0 Å². The van der Waals surface area contributed by atoms with Crippen molar-refractivity contribution in [3.05, 3.63) is 35.7 Å². The Morgan fingerprint density at radius 3 is 2.89 bits per heavy atom. The molecule has 0 bridgehead atoms. The van der Waals surface area contributed by atoms with Crippen molar-refractivity contribution in [3.8, 4) is 0 Å². The van der Waals surface area contributed by atoms with Crippen molar-refractivity contribution in [2.45, 2.75) is 69.6 Å². The summed E-state index contributed by atoms with van der Waals surface area (Å²) in [6.07, 6.45) is 0.800. The number of fused-ring (bicyclic) bond motifs is 1. The normalized spacial score (nSPS) is 21.3. The SMILES string of the molecule is CC1(NC(=O)OC2CCC(c3cc(Nc4ncc(F)c5nc(COC(F)(F)F)cn45)n[nH]3)C2)CC1. The Hall–Kier alpha value is -3.42. The van der Waals surface area contributed by atoms with Crippen LogP contribution in [-0.2, 0) is 16.1 Å². The Bertz CT molecular complexity index is 1240. The number of rotatable bonds is 7. The summed E-state index contributed by atoms with van der Waals surface area (Å²) in [6, 6.07) is 1.76. The lowest BCUT2D eigenvalue weighted by atomic mass is 10.0. The van der Waals surface area contributed by atoms with Gasteiger partial charge in [0.25, 0.3) is 0 Å². The van der Waals surface area contributed by atoms with E-state index < -0.39 is 24.9 Å². The molecule has 3 heterocycles. The molecule has 3 N–H and O–H groups in total. The Labute approximate surface area is 196 Å². The minimum atomic E-state index is -4.83. The molecule has 0 aliphatic heterocycles. The largest absolute Gasteiger partial charge is 0.522 e. The number of alkyl carbamates (subject to hydrolysis) is 1. The summed E-state index contributed by atoms with van der Waals surface area (Å²) in [7, 11) is 0. The number of halogens is 4. The number of anilines is 2. The molecule has 10 nitrogen and oxygen atoms in total. The predicted octanol–water partition coefficient (Wildman–Crippen LogP) is 4.29. The van der Waals surface area contributed by atoms with Gasteiger partial charge in [0.2, 0.25) is 5.95 Å². The van der Waals surface area contributed by atoms with Gasteiger partial charge in [0.05, 0.1) is 18.5 Å². The van der Waals surface area contributed by atoms with Crippen LogP contribution in [0.2, 0.25) is 0 Å². The van der Waals surface area contributed by atoms with Gasteiger partial charge in [0.1, 0.15) is 6.10 Å². The van der Waals surface area contributed by atoms with E-state index in [9.17, 15) is 22.4 Å². The summed E-state index contributed by atoms with van der Waals surface area (Å²) >= 11 is 0. The van der Waals surface area contributed by atoms with Gasteiger partial charge in [-0.25, -0.2) is 19.2 Å². The molecule has 14 heteroatoms. The highest BCUT2D eigenvalue weighted by molar-refractivity contribution is 5.69. The summed E-state index contributed by atoms with van der Waals surface area (Å²) in [5.41, 5.74) is 0.376. The van der Waals surface area contributed by atoms with Crippen molar-refractivity contribution in [1.82, 2.24) is 29.9 Å². The highest BCUT2D eigenvalue weighted by atomic mass is 19.4. The number of hydrogen-bond acceptors (Lipinski definition) is 7. The molecule has 3 aromatic heterocycles. The van der Waals surface area contributed by atoms with E-state index in [0.717, 1.165) is 37.6 Å². The van der Waals surface area contributed by atoms with Gasteiger partial charge in [-0.1, -0.05) is 0 Å². The first kappa shape index (κ1) is 23.3. The highest BCUT2D eigenvalue weighted by Crippen LogP contribution is 2.37. The number of alkyl halides is 3. The first-order valence-electron chi connectivity index (χ1n) is 11.1. The maximum atomic E-state index is 14.1. The van der Waals surface area contributed by atoms with E-state index in [-0.39, 0.29) is 34.9 Å². The van der Waals surface area contributed by atoms with Crippen LogP contribution < -0.4 is 10.6 Å². The van der Waals surface area contributed by atoms with E-state index >= 15 is 0 Å². The third-order valence-corrected chi connectivity index (χ3v) is 6.22. The predicted molar refractivity (Wildman–Crippen MR) is 113 cm³/mol. The monoisotopic (exact) mass is 497 g/mol. The molecule has 2 saturated carbocycles. The number of carbonyl (C=O) groups excluding carboxylic acids is 1. The molecule has 2 fully saturated rings. The standard InChI is InChI=1S/C21H23F4N7O3/c1-20(4-5-20)29-19(33)35-13-3-2-11(6-13)15-7-16(31-30-15)28-18-26-8-14(22)17-27-12(9-32(17)18)10-34-21(23,24)25/h7-9,11,13H,2-6,10H2,1H3,(H,29,33)(H2,26,28,30,31). The van der Waals surface area contributed by atoms with Crippen molar-refractivity contribution in [2.75, 3.05) is 5.32 Å². The smallest absolute Gasteiger partial charge is 0.446 e. The number of ether oxygens (including phenoxy) is 2. The third-order valence-electron chi connectivity index (χ3n) is 6.22. The molecule has 2 atom stereocenters. The number of aromatic amines is 1. The van der Waals surface area contributed by atoms with Gasteiger partial charge in [0.15, 0.2) is 17.3 Å². The van der Waals surface area contributed by atoms with Crippen LogP contribution in [0.4, 0.5) is 34.1 Å². The van der Waals surface area contributed by atoms with Crippen LogP contribution in [0.1, 0.15) is 56.3 Å². The zero-order chi connectivity index (χ0) is 24.8. The number of amides is 1. The van der Waals surface area contributed by atoms with Crippen LogP contribution in [0.3, 0.4) is 0 Å². The van der Waals surface area contributed by atoms with E-state index in [4.69, 9.17) is 4.74 Å². The van der Waals surface area contributed by atoms with Crippen LogP contribution in [0.5, 0.6) is 0 Å². The number of nitrogens with zero attached hydrogens (tertiary/aromatic N) is 4. The molecule has 0 radical (unpaired) electrons. The van der Waals surface area contributed by atoms with Crippen LogP contribution in [0, 0.1) is 5.82 Å². The van der Waals surface area contributed by atoms with Crippen molar-refractivity contribution < 1.29 is 31.8 Å². The van der Waals surface area contributed by atoms with E-state index in [2.05, 4.69) is 35.5 Å². The second-order valence-corrected chi connectivity index (χ2v) is 9.15. The number of nitrogens with one attached hydrogen (secondary N) is 3. The molecule has 0 aromatic carbocycles. The lowest BCUT2D eigenvalue weighted by Crippen LogP contribution is -2.36. The molecular weight excluding hydrogens is 474 g/mol. The fraction of sp³-hybridized carbons (Fsp3) is 0.524. The summed E-state index contributed by atoms with van der Waals surface area (Å²) in [5.74, 6) is -0.199. The van der Waals surface area contributed by atoms with Gasteiger partial charge >= 0.3 is 12.5 Å². The highest BCUT2D eigenvalue weighted by Gasteiger charge is 2.40. The van der Waals surface area contributed by atoms with Gasteiger partial charge in [-0.2, -0.15) is 5.10 Å². The topological polar surface area (TPSA) is 118 Å². The van der Waals surface area contributed by atoms with Gasteiger partial charge < -0.3 is 15.4 Å². The molecule has 0 spiro atoms. The fourth-order valence-corrected chi connectivity index (χ4v) is 4.11. The summed E-state index contributed by atoms with van der Waals surface area (Å²) < 4.78 is 61.6. The first-order valence-corrected chi connectivity index (χ1v) is 11.1. The molecule has 2 aliphatic rings. The second kappa shape index (κ2) is 8.66. The number of H-pyrrole nitrogens is 1.